The molecule has 29 heavy (non-hydrogen) atoms. The van der Waals surface area contributed by atoms with Gasteiger partial charge in [-0.1, -0.05) is 24.9 Å². The van der Waals surface area contributed by atoms with E-state index in [1.807, 2.05) is 6.92 Å². The Bertz CT molecular complexity index is 1060. The number of aromatic nitrogens is 2. The van der Waals surface area contributed by atoms with Crippen molar-refractivity contribution < 1.29 is 22.4 Å². The molecule has 0 spiro atoms. The second-order valence-corrected chi connectivity index (χ2v) is 7.93. The number of halogens is 5. The number of ketones is 1. The Morgan fingerprint density at radius 1 is 1.24 bits per heavy atom. The summed E-state index contributed by atoms with van der Waals surface area (Å²) < 4.78 is 54.0. The van der Waals surface area contributed by atoms with Gasteiger partial charge >= 0.3 is 11.9 Å². The molecule has 0 aliphatic carbocycles. The summed E-state index contributed by atoms with van der Waals surface area (Å²) in [5.41, 5.74) is -4.70. The van der Waals surface area contributed by atoms with Crippen molar-refractivity contribution in [2.45, 2.75) is 43.0 Å². The lowest BCUT2D eigenvalue weighted by atomic mass is 10.2. The van der Waals surface area contributed by atoms with Gasteiger partial charge in [-0.2, -0.15) is 13.2 Å². The Morgan fingerprint density at radius 2 is 1.86 bits per heavy atom. The van der Waals surface area contributed by atoms with Gasteiger partial charge in [0.1, 0.15) is 17.3 Å². The van der Waals surface area contributed by atoms with E-state index >= 15 is 0 Å². The molecule has 0 radical (unpaired) electrons. The lowest BCUT2D eigenvalue weighted by Crippen LogP contribution is -2.41. The minimum Gasteiger partial charge on any atom is -0.299 e. The first-order valence-electron chi connectivity index (χ1n) is 8.45. The quantitative estimate of drug-likeness (QED) is 0.487. The van der Waals surface area contributed by atoms with Crippen molar-refractivity contribution >= 4 is 29.1 Å². The average molecular weight is 453 g/mol. The highest BCUT2D eigenvalue weighted by Gasteiger charge is 2.35. The van der Waals surface area contributed by atoms with Gasteiger partial charge in [0.25, 0.3) is 5.56 Å². The molecule has 1 heterocycles. The van der Waals surface area contributed by atoms with Crippen LogP contribution in [0.5, 0.6) is 0 Å². The molecule has 2 rings (SSSR count). The number of nitrogens with zero attached hydrogens (tertiary/aromatic N) is 2. The summed E-state index contributed by atoms with van der Waals surface area (Å²) in [5.74, 6) is -1.20. The van der Waals surface area contributed by atoms with Crippen LogP contribution in [0.4, 0.5) is 17.6 Å². The Hall–Kier alpha value is -2.07. The summed E-state index contributed by atoms with van der Waals surface area (Å²) in [6, 6.07) is 2.16. The first-order valence-corrected chi connectivity index (χ1v) is 9.71. The summed E-state index contributed by atoms with van der Waals surface area (Å²) in [7, 11) is 0.831. The molecule has 1 unspecified atom stereocenters. The van der Waals surface area contributed by atoms with Crippen molar-refractivity contribution in [1.82, 2.24) is 9.13 Å². The van der Waals surface area contributed by atoms with Crippen molar-refractivity contribution in [3.05, 3.63) is 55.6 Å². The van der Waals surface area contributed by atoms with Crippen molar-refractivity contribution in [3.8, 4) is 5.69 Å². The number of hydrogen-bond acceptors (Lipinski definition) is 4. The molecule has 11 heteroatoms. The van der Waals surface area contributed by atoms with Gasteiger partial charge in [-0.25, -0.2) is 13.8 Å². The fraction of sp³-hybridized carbons (Fsp3) is 0.389. The van der Waals surface area contributed by atoms with Gasteiger partial charge < -0.3 is 0 Å². The molecule has 0 aliphatic rings. The smallest absolute Gasteiger partial charge is 0.299 e. The van der Waals surface area contributed by atoms with Crippen LogP contribution in [0.1, 0.15) is 32.4 Å². The standard InChI is InChI=1S/C18H17ClF4N2O3S/c1-4-5-13(9(2)26)29-14-7-12(11(20)6-10(14)19)25-16(27)8-15(18(21,22)23)24(3)17(25)28/h6-8,13H,4-5H2,1-3H3. The van der Waals surface area contributed by atoms with Gasteiger partial charge in [0, 0.05) is 18.0 Å². The van der Waals surface area contributed by atoms with Gasteiger partial charge in [-0.05, 0) is 25.5 Å². The Kier molecular flexibility index (Phi) is 7.00. The Morgan fingerprint density at radius 3 is 2.38 bits per heavy atom. The first kappa shape index (κ1) is 23.2. The molecule has 0 bridgehead atoms. The molecule has 0 saturated carbocycles. The zero-order valence-corrected chi connectivity index (χ0v) is 17.2. The van der Waals surface area contributed by atoms with E-state index in [0.29, 0.717) is 17.4 Å². The normalized spacial score (nSPS) is 12.8. The molecular weight excluding hydrogens is 436 g/mol. The highest BCUT2D eigenvalue weighted by atomic mass is 35.5. The number of alkyl halides is 3. The fourth-order valence-corrected chi connectivity index (χ4v) is 4.12. The van der Waals surface area contributed by atoms with Crippen molar-refractivity contribution in [2.24, 2.45) is 7.05 Å². The number of benzene rings is 1. The molecule has 0 amide bonds. The number of Topliss-reactive ketones (excluding diaryl/α,β-unsaturated/α-hetero) is 1. The molecule has 0 aliphatic heterocycles. The second kappa shape index (κ2) is 8.74. The third kappa shape index (κ3) is 4.92. The molecule has 2 aromatic rings. The maximum absolute atomic E-state index is 14.5. The van der Waals surface area contributed by atoms with Crippen LogP contribution in [0.25, 0.3) is 5.69 Å². The van der Waals surface area contributed by atoms with Crippen LogP contribution in [0.3, 0.4) is 0 Å². The van der Waals surface area contributed by atoms with Gasteiger partial charge in [0.05, 0.1) is 16.0 Å². The molecule has 5 nitrogen and oxygen atoms in total. The van der Waals surface area contributed by atoms with Crippen LogP contribution in [0.15, 0.2) is 32.7 Å². The van der Waals surface area contributed by atoms with E-state index < -0.39 is 39.9 Å². The Labute approximate surface area is 172 Å². The van der Waals surface area contributed by atoms with E-state index in [-0.39, 0.29) is 26.3 Å². The zero-order valence-electron chi connectivity index (χ0n) is 15.6. The lowest BCUT2D eigenvalue weighted by Gasteiger charge is -2.17. The van der Waals surface area contributed by atoms with Crippen LogP contribution in [-0.2, 0) is 18.0 Å². The summed E-state index contributed by atoms with van der Waals surface area (Å²) in [6.07, 6.45) is -3.71. The molecule has 0 N–H and O–H groups in total. The molecule has 0 fully saturated rings. The number of rotatable bonds is 6. The second-order valence-electron chi connectivity index (χ2n) is 6.28. The molecule has 1 aromatic heterocycles. The number of hydrogen-bond donors (Lipinski definition) is 0. The molecular formula is C18H17ClF4N2O3S. The largest absolute Gasteiger partial charge is 0.431 e. The third-order valence-electron chi connectivity index (χ3n) is 4.13. The predicted molar refractivity (Wildman–Crippen MR) is 102 cm³/mol. The predicted octanol–water partition coefficient (Wildman–Crippen LogP) is 4.20. The van der Waals surface area contributed by atoms with E-state index in [0.717, 1.165) is 30.9 Å². The van der Waals surface area contributed by atoms with Gasteiger partial charge in [-0.15, -0.1) is 11.8 Å². The van der Waals surface area contributed by atoms with E-state index in [1.165, 1.54) is 6.92 Å². The van der Waals surface area contributed by atoms with Crippen LogP contribution < -0.4 is 11.2 Å². The average Bonchev–Trinajstić information content (AvgIpc) is 2.60. The van der Waals surface area contributed by atoms with Crippen LogP contribution in [-0.4, -0.2) is 20.2 Å². The summed E-state index contributed by atoms with van der Waals surface area (Å²) in [5, 5.41) is -0.529. The maximum Gasteiger partial charge on any atom is 0.431 e. The number of carbonyl (C=O) groups is 1. The van der Waals surface area contributed by atoms with Crippen LogP contribution in [0, 0.1) is 5.82 Å². The highest BCUT2D eigenvalue weighted by Crippen LogP contribution is 2.35. The topological polar surface area (TPSA) is 61.1 Å². The molecule has 158 valence electrons. The third-order valence-corrected chi connectivity index (χ3v) is 5.99. The Balaban J connectivity index is 2.68. The number of carbonyl (C=O) groups excluding carboxylic acids is 1. The first-order chi connectivity index (χ1) is 13.4. The summed E-state index contributed by atoms with van der Waals surface area (Å²) >= 11 is 7.08. The van der Waals surface area contributed by atoms with E-state index in [9.17, 15) is 31.9 Å². The minimum absolute atomic E-state index is 0.0459. The molecule has 1 aromatic carbocycles. The lowest BCUT2D eigenvalue weighted by molar-refractivity contribution is -0.144. The van der Waals surface area contributed by atoms with Crippen molar-refractivity contribution in [2.75, 3.05) is 0 Å². The number of thioether (sulfide) groups is 1. The monoisotopic (exact) mass is 452 g/mol. The maximum atomic E-state index is 14.5. The summed E-state index contributed by atoms with van der Waals surface area (Å²) in [4.78, 5) is 36.7. The van der Waals surface area contributed by atoms with Gasteiger partial charge in [0.15, 0.2) is 0 Å². The van der Waals surface area contributed by atoms with Crippen molar-refractivity contribution in [3.63, 3.8) is 0 Å². The van der Waals surface area contributed by atoms with Crippen LogP contribution >= 0.6 is 23.4 Å². The zero-order chi connectivity index (χ0) is 22.1. The molecule has 1 atom stereocenters. The van der Waals surface area contributed by atoms with E-state index in [2.05, 4.69) is 0 Å². The van der Waals surface area contributed by atoms with E-state index in [1.54, 1.807) is 0 Å². The molecule has 0 saturated heterocycles. The highest BCUT2D eigenvalue weighted by molar-refractivity contribution is 8.00. The fourth-order valence-electron chi connectivity index (χ4n) is 2.66. The SMILES string of the molecule is CCCC(Sc1cc(-n2c(=O)cc(C(F)(F)F)n(C)c2=O)c(F)cc1Cl)C(C)=O. The van der Waals surface area contributed by atoms with Crippen LogP contribution in [0.2, 0.25) is 5.02 Å². The van der Waals surface area contributed by atoms with Gasteiger partial charge in [-0.3, -0.25) is 14.2 Å². The summed E-state index contributed by atoms with van der Waals surface area (Å²) in [6.45, 7) is 3.27. The van der Waals surface area contributed by atoms with Gasteiger partial charge in [0.2, 0.25) is 0 Å². The van der Waals surface area contributed by atoms with Crippen molar-refractivity contribution in [1.29, 1.82) is 0 Å². The van der Waals surface area contributed by atoms with E-state index in [4.69, 9.17) is 11.6 Å². The minimum atomic E-state index is -4.93.